The third-order valence-electron chi connectivity index (χ3n) is 2.98. The zero-order chi connectivity index (χ0) is 18.2. The molecule has 9 heteroatoms. The molecule has 0 bridgehead atoms. The van der Waals surface area contributed by atoms with Gasteiger partial charge in [0.05, 0.1) is 30.6 Å². The molecule has 25 heavy (non-hydrogen) atoms. The van der Waals surface area contributed by atoms with Crippen LogP contribution in [0.1, 0.15) is 25.8 Å². The Morgan fingerprint density at radius 2 is 2.12 bits per heavy atom. The number of aromatic amines is 1. The maximum absolute atomic E-state index is 11.4. The van der Waals surface area contributed by atoms with Gasteiger partial charge in [0.15, 0.2) is 11.5 Å². The van der Waals surface area contributed by atoms with Crippen LogP contribution in [0.25, 0.3) is 0 Å². The average molecular weight is 385 g/mol. The number of nitrogens with one attached hydrogen (secondary N) is 2. The quantitative estimate of drug-likeness (QED) is 0.534. The highest BCUT2D eigenvalue weighted by molar-refractivity contribution is 6.33. The van der Waals surface area contributed by atoms with E-state index in [9.17, 15) is 4.79 Å². The second-order valence-electron chi connectivity index (χ2n) is 4.91. The van der Waals surface area contributed by atoms with Crippen LogP contribution in [-0.2, 0) is 0 Å². The fourth-order valence-electron chi connectivity index (χ4n) is 1.91. The highest BCUT2D eigenvalue weighted by atomic mass is 35.5. The van der Waals surface area contributed by atoms with E-state index in [1.54, 1.807) is 12.1 Å². The summed E-state index contributed by atoms with van der Waals surface area (Å²) in [6.45, 7) is 4.91. The maximum atomic E-state index is 11.4. The van der Waals surface area contributed by atoms with Crippen LogP contribution in [0, 0.1) is 0 Å². The molecule has 1 aromatic heterocycles. The minimum Gasteiger partial charge on any atom is -0.490 e. The molecule has 0 saturated heterocycles. The largest absolute Gasteiger partial charge is 0.490 e. The molecule has 0 unspecified atom stereocenters. The molecular weight excluding hydrogens is 367 g/mol. The molecule has 0 spiro atoms. The molecule has 0 saturated carbocycles. The van der Waals surface area contributed by atoms with Crippen LogP contribution in [0.2, 0.25) is 10.0 Å². The number of ether oxygens (including phenoxy) is 2. The number of hydrogen-bond donors (Lipinski definition) is 2. The summed E-state index contributed by atoms with van der Waals surface area (Å²) < 4.78 is 11.2. The molecule has 134 valence electrons. The first-order chi connectivity index (χ1) is 12.1. The van der Waals surface area contributed by atoms with Crippen molar-refractivity contribution in [2.24, 2.45) is 5.10 Å². The van der Waals surface area contributed by atoms with E-state index < -0.39 is 5.56 Å². The molecule has 2 rings (SSSR count). The van der Waals surface area contributed by atoms with Crippen molar-refractivity contribution < 1.29 is 9.47 Å². The lowest BCUT2D eigenvalue weighted by molar-refractivity contribution is 0.277. The first-order valence-corrected chi connectivity index (χ1v) is 8.43. The SMILES string of the molecule is CCCOc1c(Cl)cc(/C=N\Nc2cn[nH]c(=O)c2Cl)cc1OCC. The van der Waals surface area contributed by atoms with Gasteiger partial charge in [-0.3, -0.25) is 10.2 Å². The van der Waals surface area contributed by atoms with Crippen LogP contribution >= 0.6 is 23.2 Å². The first-order valence-electron chi connectivity index (χ1n) is 7.68. The Morgan fingerprint density at radius 1 is 1.32 bits per heavy atom. The van der Waals surface area contributed by atoms with Crippen molar-refractivity contribution in [1.29, 1.82) is 0 Å². The number of rotatable bonds is 8. The Balaban J connectivity index is 2.21. The van der Waals surface area contributed by atoms with Gasteiger partial charge in [-0.1, -0.05) is 30.1 Å². The van der Waals surface area contributed by atoms with Gasteiger partial charge >= 0.3 is 0 Å². The van der Waals surface area contributed by atoms with Gasteiger partial charge in [0, 0.05) is 0 Å². The van der Waals surface area contributed by atoms with E-state index in [0.29, 0.717) is 41.0 Å². The van der Waals surface area contributed by atoms with Crippen molar-refractivity contribution in [2.75, 3.05) is 18.6 Å². The summed E-state index contributed by atoms with van der Waals surface area (Å²) in [7, 11) is 0. The molecule has 7 nitrogen and oxygen atoms in total. The van der Waals surface area contributed by atoms with E-state index in [4.69, 9.17) is 32.7 Å². The lowest BCUT2D eigenvalue weighted by Gasteiger charge is -2.13. The molecule has 0 aliphatic heterocycles. The van der Waals surface area contributed by atoms with E-state index in [1.807, 2.05) is 13.8 Å². The van der Waals surface area contributed by atoms with Crippen LogP contribution in [0.15, 0.2) is 28.2 Å². The van der Waals surface area contributed by atoms with Gasteiger partial charge in [-0.05, 0) is 31.0 Å². The number of halogens is 2. The van der Waals surface area contributed by atoms with E-state index in [1.165, 1.54) is 12.4 Å². The van der Waals surface area contributed by atoms with Crippen LogP contribution in [0.4, 0.5) is 5.69 Å². The highest BCUT2D eigenvalue weighted by Gasteiger charge is 2.12. The Morgan fingerprint density at radius 3 is 2.84 bits per heavy atom. The number of hydrazone groups is 1. The van der Waals surface area contributed by atoms with Crippen molar-refractivity contribution in [3.63, 3.8) is 0 Å². The fourth-order valence-corrected chi connectivity index (χ4v) is 2.31. The van der Waals surface area contributed by atoms with Crippen molar-refractivity contribution in [3.05, 3.63) is 44.3 Å². The molecule has 0 atom stereocenters. The molecule has 0 fully saturated rings. The van der Waals surface area contributed by atoms with Crippen molar-refractivity contribution in [3.8, 4) is 11.5 Å². The second-order valence-corrected chi connectivity index (χ2v) is 5.69. The summed E-state index contributed by atoms with van der Waals surface area (Å²) in [5.41, 5.74) is 3.15. The van der Waals surface area contributed by atoms with Crippen LogP contribution in [0.5, 0.6) is 11.5 Å². The zero-order valence-electron chi connectivity index (χ0n) is 13.8. The predicted octanol–water partition coefficient (Wildman–Crippen LogP) is 3.71. The van der Waals surface area contributed by atoms with E-state index in [0.717, 1.165) is 6.42 Å². The molecule has 1 heterocycles. The summed E-state index contributed by atoms with van der Waals surface area (Å²) in [4.78, 5) is 11.4. The van der Waals surface area contributed by atoms with Crippen molar-refractivity contribution in [2.45, 2.75) is 20.3 Å². The second kappa shape index (κ2) is 9.29. The zero-order valence-corrected chi connectivity index (χ0v) is 15.3. The molecule has 2 N–H and O–H groups in total. The topological polar surface area (TPSA) is 88.6 Å². The molecule has 0 aliphatic carbocycles. The Bertz CT molecular complexity index is 808. The number of anilines is 1. The first kappa shape index (κ1) is 19.1. The van der Waals surface area contributed by atoms with Gasteiger partial charge in [-0.25, -0.2) is 5.10 Å². The normalized spacial score (nSPS) is 10.9. The molecule has 1 aromatic carbocycles. The highest BCUT2D eigenvalue weighted by Crippen LogP contribution is 2.36. The smallest absolute Gasteiger partial charge is 0.285 e. The summed E-state index contributed by atoms with van der Waals surface area (Å²) in [6, 6.07) is 3.47. The van der Waals surface area contributed by atoms with Gasteiger partial charge < -0.3 is 9.47 Å². The number of benzene rings is 1. The summed E-state index contributed by atoms with van der Waals surface area (Å²) in [5.74, 6) is 1.05. The predicted molar refractivity (Wildman–Crippen MR) is 99.5 cm³/mol. The summed E-state index contributed by atoms with van der Waals surface area (Å²) in [5, 5.41) is 10.3. The third-order valence-corrected chi connectivity index (χ3v) is 3.63. The Kier molecular flexibility index (Phi) is 7.09. The van der Waals surface area contributed by atoms with Crippen molar-refractivity contribution in [1.82, 2.24) is 10.2 Å². The lowest BCUT2D eigenvalue weighted by Crippen LogP contribution is -2.10. The third kappa shape index (κ3) is 5.11. The van der Waals surface area contributed by atoms with Crippen LogP contribution in [0.3, 0.4) is 0 Å². The number of H-pyrrole nitrogens is 1. The average Bonchev–Trinajstić information content (AvgIpc) is 2.58. The molecular formula is C16H18Cl2N4O3. The minimum absolute atomic E-state index is 0.0245. The summed E-state index contributed by atoms with van der Waals surface area (Å²) >= 11 is 12.1. The standard InChI is InChI=1S/C16H18Cl2N4O3/c1-3-5-25-15-11(17)6-10(7-13(15)24-4-2)8-19-21-12-9-20-22-16(23)14(12)18/h6-9H,3-5H2,1-2H3,(H2,21,22,23)/b19-8-. The van der Waals surface area contributed by atoms with Crippen LogP contribution < -0.4 is 20.5 Å². The molecule has 0 amide bonds. The number of aromatic nitrogens is 2. The summed E-state index contributed by atoms with van der Waals surface area (Å²) in [6.07, 6.45) is 3.75. The van der Waals surface area contributed by atoms with Gasteiger partial charge in [-0.15, -0.1) is 0 Å². The fraction of sp³-hybridized carbons (Fsp3) is 0.312. The van der Waals surface area contributed by atoms with Crippen LogP contribution in [-0.4, -0.2) is 29.6 Å². The van der Waals surface area contributed by atoms with Gasteiger partial charge in [0.2, 0.25) is 0 Å². The lowest BCUT2D eigenvalue weighted by atomic mass is 10.2. The van der Waals surface area contributed by atoms with E-state index in [2.05, 4.69) is 20.7 Å². The Hall–Kier alpha value is -2.25. The minimum atomic E-state index is -0.499. The maximum Gasteiger partial charge on any atom is 0.285 e. The number of nitrogens with zero attached hydrogens (tertiary/aromatic N) is 2. The molecule has 0 radical (unpaired) electrons. The molecule has 0 aliphatic rings. The van der Waals surface area contributed by atoms with Gasteiger partial charge in [0.25, 0.3) is 5.56 Å². The van der Waals surface area contributed by atoms with Gasteiger partial charge in [-0.2, -0.15) is 10.2 Å². The van der Waals surface area contributed by atoms with Gasteiger partial charge in [0.1, 0.15) is 10.7 Å². The monoisotopic (exact) mass is 384 g/mol. The number of hydrogen-bond acceptors (Lipinski definition) is 6. The Labute approximate surface area is 154 Å². The van der Waals surface area contributed by atoms with Crippen molar-refractivity contribution >= 4 is 35.1 Å². The van der Waals surface area contributed by atoms with E-state index in [-0.39, 0.29) is 5.02 Å². The molecule has 2 aromatic rings. The van der Waals surface area contributed by atoms with E-state index >= 15 is 0 Å².